The zero-order valence-corrected chi connectivity index (χ0v) is 12.5. The van der Waals surface area contributed by atoms with E-state index in [0.29, 0.717) is 16.6 Å². The minimum absolute atomic E-state index is 0.0958. The Hall–Kier alpha value is -0.940. The average molecular weight is 330 g/mol. The molecule has 1 N–H and O–H groups in total. The molecule has 0 bridgehead atoms. The third kappa shape index (κ3) is 2.82. The van der Waals surface area contributed by atoms with Crippen LogP contribution in [0.15, 0.2) is 22.7 Å². The highest BCUT2D eigenvalue weighted by molar-refractivity contribution is 9.10. The van der Waals surface area contributed by atoms with Crippen LogP contribution in [0.2, 0.25) is 0 Å². The molecule has 0 aliphatic carbocycles. The Morgan fingerprint density at radius 3 is 2.84 bits per heavy atom. The molecule has 1 aromatic carbocycles. The average Bonchev–Trinajstić information content (AvgIpc) is 2.70. The summed E-state index contributed by atoms with van der Waals surface area (Å²) in [6.07, 6.45) is 0.833. The summed E-state index contributed by atoms with van der Waals surface area (Å²) in [5.74, 6) is -1.03. The second kappa shape index (κ2) is 5.59. The fourth-order valence-corrected chi connectivity index (χ4v) is 3.15. The Morgan fingerprint density at radius 1 is 1.58 bits per heavy atom. The molecule has 0 radical (unpaired) electrons. The van der Waals surface area contributed by atoms with Crippen molar-refractivity contribution in [2.45, 2.75) is 32.4 Å². The second-order valence-corrected chi connectivity index (χ2v) is 6.04. The van der Waals surface area contributed by atoms with Crippen LogP contribution in [-0.2, 0) is 4.79 Å². The molecule has 1 aliphatic heterocycles. The van der Waals surface area contributed by atoms with Crippen LogP contribution in [0.5, 0.6) is 0 Å². The molecule has 3 atom stereocenters. The van der Waals surface area contributed by atoms with Crippen molar-refractivity contribution in [3.05, 3.63) is 34.1 Å². The molecule has 1 aliphatic rings. The molecule has 5 heteroatoms. The van der Waals surface area contributed by atoms with E-state index in [2.05, 4.69) is 15.9 Å². The Kier molecular flexibility index (Phi) is 4.26. The van der Waals surface area contributed by atoms with Crippen molar-refractivity contribution in [1.82, 2.24) is 4.90 Å². The topological polar surface area (TPSA) is 40.5 Å². The van der Waals surface area contributed by atoms with Crippen LogP contribution in [0.1, 0.15) is 31.9 Å². The van der Waals surface area contributed by atoms with E-state index in [0.717, 1.165) is 6.42 Å². The van der Waals surface area contributed by atoms with Crippen LogP contribution in [0, 0.1) is 11.7 Å². The van der Waals surface area contributed by atoms with Gasteiger partial charge in [0.25, 0.3) is 0 Å². The van der Waals surface area contributed by atoms with Gasteiger partial charge >= 0.3 is 5.97 Å². The standard InChI is InChI=1S/C14H17BrFNO2/c1-8-5-6-17(13(8)14(18)19)9(2)11-4-3-10(15)7-12(11)16/h3-4,7-9,13H,5-6H2,1-2H3,(H,18,19). The SMILES string of the molecule is CC1CCN(C(C)c2ccc(Br)cc2F)C1C(=O)O. The lowest BCUT2D eigenvalue weighted by atomic mass is 10.0. The maximum atomic E-state index is 14.0. The number of hydrogen-bond donors (Lipinski definition) is 1. The minimum Gasteiger partial charge on any atom is -0.480 e. The van der Waals surface area contributed by atoms with Crippen LogP contribution in [0.25, 0.3) is 0 Å². The van der Waals surface area contributed by atoms with E-state index >= 15 is 0 Å². The van der Waals surface area contributed by atoms with E-state index in [-0.39, 0.29) is 17.8 Å². The number of halogens is 2. The van der Waals surface area contributed by atoms with Gasteiger partial charge in [0.15, 0.2) is 0 Å². The number of nitrogens with zero attached hydrogens (tertiary/aromatic N) is 1. The zero-order chi connectivity index (χ0) is 14.2. The predicted molar refractivity (Wildman–Crippen MR) is 74.4 cm³/mol. The fraction of sp³-hybridized carbons (Fsp3) is 0.500. The first-order chi connectivity index (χ1) is 8.91. The monoisotopic (exact) mass is 329 g/mol. The maximum Gasteiger partial charge on any atom is 0.321 e. The van der Waals surface area contributed by atoms with Crippen LogP contribution in [0.4, 0.5) is 4.39 Å². The van der Waals surface area contributed by atoms with Crippen molar-refractivity contribution in [3.8, 4) is 0 Å². The molecule has 0 aromatic heterocycles. The summed E-state index contributed by atoms with van der Waals surface area (Å²) in [5.41, 5.74) is 0.545. The van der Waals surface area contributed by atoms with Gasteiger partial charge in [0.2, 0.25) is 0 Å². The van der Waals surface area contributed by atoms with Crippen molar-refractivity contribution in [1.29, 1.82) is 0 Å². The number of aliphatic carboxylic acids is 1. The molecule has 2 rings (SSSR count). The first-order valence-corrected chi connectivity index (χ1v) is 7.14. The molecule has 104 valence electrons. The molecule has 1 aromatic rings. The number of rotatable bonds is 3. The molecular weight excluding hydrogens is 313 g/mol. The molecule has 0 saturated carbocycles. The number of likely N-dealkylation sites (tertiary alicyclic amines) is 1. The number of hydrogen-bond acceptors (Lipinski definition) is 2. The van der Waals surface area contributed by atoms with Crippen LogP contribution in [-0.4, -0.2) is 28.6 Å². The van der Waals surface area contributed by atoms with E-state index in [1.807, 2.05) is 18.7 Å². The van der Waals surface area contributed by atoms with Crippen LogP contribution >= 0.6 is 15.9 Å². The smallest absolute Gasteiger partial charge is 0.321 e. The van der Waals surface area contributed by atoms with Gasteiger partial charge in [-0.2, -0.15) is 0 Å². The third-order valence-electron chi connectivity index (χ3n) is 3.90. The summed E-state index contributed by atoms with van der Waals surface area (Å²) >= 11 is 3.23. The van der Waals surface area contributed by atoms with Crippen LogP contribution < -0.4 is 0 Å². The van der Waals surface area contributed by atoms with Gasteiger partial charge in [0, 0.05) is 16.1 Å². The van der Waals surface area contributed by atoms with Crippen molar-refractivity contribution in [3.63, 3.8) is 0 Å². The molecule has 0 spiro atoms. The Morgan fingerprint density at radius 2 is 2.26 bits per heavy atom. The molecule has 1 heterocycles. The number of carboxylic acids is 1. The summed E-state index contributed by atoms with van der Waals surface area (Å²) in [6.45, 7) is 4.48. The Labute approximate surface area is 120 Å². The van der Waals surface area contributed by atoms with Gasteiger partial charge in [-0.3, -0.25) is 9.69 Å². The van der Waals surface area contributed by atoms with E-state index in [1.54, 1.807) is 12.1 Å². The summed E-state index contributed by atoms with van der Waals surface area (Å²) in [5, 5.41) is 9.32. The number of carboxylic acid groups (broad SMARTS) is 1. The van der Waals surface area contributed by atoms with Gasteiger partial charge in [-0.05, 0) is 37.9 Å². The zero-order valence-electron chi connectivity index (χ0n) is 10.9. The molecule has 0 amide bonds. The van der Waals surface area contributed by atoms with Gasteiger partial charge in [-0.25, -0.2) is 4.39 Å². The molecule has 1 saturated heterocycles. The maximum absolute atomic E-state index is 14.0. The van der Waals surface area contributed by atoms with E-state index in [9.17, 15) is 14.3 Å². The molecule has 19 heavy (non-hydrogen) atoms. The van der Waals surface area contributed by atoms with E-state index in [1.165, 1.54) is 6.07 Å². The summed E-state index contributed by atoms with van der Waals surface area (Å²) in [6, 6.07) is 4.15. The quantitative estimate of drug-likeness (QED) is 0.923. The predicted octanol–water partition coefficient (Wildman–Crippen LogP) is 3.44. The van der Waals surface area contributed by atoms with Crippen molar-refractivity contribution in [2.24, 2.45) is 5.92 Å². The fourth-order valence-electron chi connectivity index (χ4n) is 2.82. The van der Waals surface area contributed by atoms with Crippen molar-refractivity contribution < 1.29 is 14.3 Å². The first kappa shape index (κ1) is 14.5. The van der Waals surface area contributed by atoms with E-state index < -0.39 is 12.0 Å². The van der Waals surface area contributed by atoms with Gasteiger partial charge in [0.1, 0.15) is 11.9 Å². The highest BCUT2D eigenvalue weighted by Crippen LogP contribution is 2.34. The van der Waals surface area contributed by atoms with Crippen molar-refractivity contribution >= 4 is 21.9 Å². The first-order valence-electron chi connectivity index (χ1n) is 6.35. The Balaban J connectivity index is 2.28. The lowest BCUT2D eigenvalue weighted by Gasteiger charge is -2.30. The summed E-state index contributed by atoms with van der Waals surface area (Å²) in [7, 11) is 0. The van der Waals surface area contributed by atoms with Gasteiger partial charge in [-0.15, -0.1) is 0 Å². The normalized spacial score (nSPS) is 25.5. The molecular formula is C14H17BrFNO2. The number of carbonyl (C=O) groups is 1. The summed E-state index contributed by atoms with van der Waals surface area (Å²) in [4.78, 5) is 13.2. The lowest BCUT2D eigenvalue weighted by molar-refractivity contribution is -0.144. The molecule has 3 nitrogen and oxygen atoms in total. The molecule has 1 fully saturated rings. The van der Waals surface area contributed by atoms with Gasteiger partial charge < -0.3 is 5.11 Å². The van der Waals surface area contributed by atoms with Gasteiger partial charge in [-0.1, -0.05) is 28.9 Å². The minimum atomic E-state index is -0.825. The largest absolute Gasteiger partial charge is 0.480 e. The second-order valence-electron chi connectivity index (χ2n) is 5.13. The third-order valence-corrected chi connectivity index (χ3v) is 4.40. The van der Waals surface area contributed by atoms with E-state index in [4.69, 9.17) is 0 Å². The summed E-state index contributed by atoms with van der Waals surface area (Å²) < 4.78 is 14.7. The highest BCUT2D eigenvalue weighted by Gasteiger charge is 2.39. The van der Waals surface area contributed by atoms with Gasteiger partial charge in [0.05, 0.1) is 0 Å². The molecule has 3 unspecified atom stereocenters. The number of benzene rings is 1. The highest BCUT2D eigenvalue weighted by atomic mass is 79.9. The lowest BCUT2D eigenvalue weighted by Crippen LogP contribution is -2.40. The van der Waals surface area contributed by atoms with Crippen LogP contribution in [0.3, 0.4) is 0 Å². The Bertz CT molecular complexity index is 494. The van der Waals surface area contributed by atoms with Crippen molar-refractivity contribution in [2.75, 3.05) is 6.54 Å².